The number of nitrogens with zero attached hydrogens (tertiary/aromatic N) is 3. The number of aromatic nitrogens is 2. The van der Waals surface area contributed by atoms with Gasteiger partial charge in [0.15, 0.2) is 0 Å². The normalized spacial score (nSPS) is 20.4. The Morgan fingerprint density at radius 3 is 2.95 bits per heavy atom. The molecule has 6 nitrogen and oxygen atoms in total. The molecule has 1 aromatic rings. The van der Waals surface area contributed by atoms with Gasteiger partial charge in [0, 0.05) is 37.6 Å². The molecule has 124 valence electrons. The van der Waals surface area contributed by atoms with Crippen LogP contribution in [-0.4, -0.2) is 48.0 Å². The van der Waals surface area contributed by atoms with Gasteiger partial charge in [0.1, 0.15) is 0 Å². The smallest absolute Gasteiger partial charge is 0.213 e. The summed E-state index contributed by atoms with van der Waals surface area (Å²) in [4.78, 5) is 2.36. The van der Waals surface area contributed by atoms with Crippen LogP contribution in [0.4, 0.5) is 0 Å². The Morgan fingerprint density at radius 1 is 1.55 bits per heavy atom. The van der Waals surface area contributed by atoms with Gasteiger partial charge in [0.25, 0.3) is 0 Å². The molecule has 2 rings (SSSR count). The van der Waals surface area contributed by atoms with Gasteiger partial charge in [-0.05, 0) is 39.2 Å². The second-order valence-electron chi connectivity index (χ2n) is 6.20. The summed E-state index contributed by atoms with van der Waals surface area (Å²) >= 11 is 0. The van der Waals surface area contributed by atoms with E-state index in [1.807, 2.05) is 12.4 Å². The maximum Gasteiger partial charge on any atom is 0.213 e. The van der Waals surface area contributed by atoms with E-state index in [4.69, 9.17) is 0 Å². The molecule has 22 heavy (non-hydrogen) atoms. The van der Waals surface area contributed by atoms with Crippen molar-refractivity contribution in [1.82, 2.24) is 19.4 Å². The fraction of sp³-hybridized carbons (Fsp3) is 0.667. The van der Waals surface area contributed by atoms with Crippen LogP contribution in [-0.2, 0) is 16.6 Å². The van der Waals surface area contributed by atoms with Gasteiger partial charge in [0.05, 0.1) is 11.4 Å². The molecule has 0 aliphatic carbocycles. The molecule has 0 saturated carbocycles. The number of sulfonamides is 1. The van der Waals surface area contributed by atoms with Gasteiger partial charge in [-0.25, -0.2) is 17.8 Å². The molecule has 0 bridgehead atoms. The molecular formula is C15H26N4O2S. The topological polar surface area (TPSA) is 67.2 Å². The molecule has 2 heterocycles. The van der Waals surface area contributed by atoms with E-state index in [-0.39, 0.29) is 5.25 Å². The van der Waals surface area contributed by atoms with Crippen molar-refractivity contribution in [3.8, 4) is 0 Å². The highest BCUT2D eigenvalue weighted by Crippen LogP contribution is 2.18. The molecule has 1 aliphatic rings. The third-order valence-corrected chi connectivity index (χ3v) is 5.86. The van der Waals surface area contributed by atoms with Gasteiger partial charge < -0.3 is 0 Å². The molecule has 0 radical (unpaired) electrons. The monoisotopic (exact) mass is 326 g/mol. The van der Waals surface area contributed by atoms with Gasteiger partial charge in [-0.1, -0.05) is 6.58 Å². The second kappa shape index (κ2) is 7.39. The molecule has 1 aliphatic heterocycles. The Kier molecular flexibility index (Phi) is 5.77. The van der Waals surface area contributed by atoms with Crippen LogP contribution < -0.4 is 4.72 Å². The molecule has 7 heteroatoms. The summed E-state index contributed by atoms with van der Waals surface area (Å²) in [6, 6.07) is 0. The fourth-order valence-electron chi connectivity index (χ4n) is 2.68. The van der Waals surface area contributed by atoms with Gasteiger partial charge in [-0.15, -0.1) is 0 Å². The van der Waals surface area contributed by atoms with E-state index in [2.05, 4.69) is 21.3 Å². The molecule has 0 amide bonds. The van der Waals surface area contributed by atoms with Crippen LogP contribution >= 0.6 is 0 Å². The summed E-state index contributed by atoms with van der Waals surface area (Å²) in [6.45, 7) is 10.4. The van der Waals surface area contributed by atoms with Crippen molar-refractivity contribution in [2.75, 3.05) is 19.6 Å². The number of rotatable bonds is 7. The molecule has 1 N–H and O–H groups in total. The van der Waals surface area contributed by atoms with Crippen molar-refractivity contribution < 1.29 is 8.42 Å². The van der Waals surface area contributed by atoms with Crippen LogP contribution in [0.2, 0.25) is 0 Å². The van der Waals surface area contributed by atoms with E-state index in [0.717, 1.165) is 38.0 Å². The summed E-state index contributed by atoms with van der Waals surface area (Å²) < 4.78 is 28.1. The first-order valence-electron chi connectivity index (χ1n) is 7.77. The third kappa shape index (κ3) is 4.66. The zero-order valence-corrected chi connectivity index (χ0v) is 14.2. The summed E-state index contributed by atoms with van der Waals surface area (Å²) in [5, 5.41) is 3.81. The number of nitrogens with one attached hydrogen (secondary N) is 1. The Bertz CT molecular complexity index is 594. The minimum atomic E-state index is -3.17. The SMILES string of the molecule is C=Cn1cc(CN2CCCC(CNS(=O)(=O)C(C)C)C2)cn1. The quantitative estimate of drug-likeness (QED) is 0.825. The van der Waals surface area contributed by atoms with Crippen LogP contribution in [0.1, 0.15) is 32.3 Å². The zero-order chi connectivity index (χ0) is 16.2. The van der Waals surface area contributed by atoms with Crippen molar-refractivity contribution in [1.29, 1.82) is 0 Å². The Balaban J connectivity index is 1.85. The Morgan fingerprint density at radius 2 is 2.32 bits per heavy atom. The lowest BCUT2D eigenvalue weighted by molar-refractivity contribution is 0.169. The molecule has 0 spiro atoms. The highest BCUT2D eigenvalue weighted by atomic mass is 32.2. The van der Waals surface area contributed by atoms with Crippen molar-refractivity contribution in [2.24, 2.45) is 5.92 Å². The largest absolute Gasteiger partial charge is 0.299 e. The minimum Gasteiger partial charge on any atom is -0.299 e. The van der Waals surface area contributed by atoms with Gasteiger partial charge in [0.2, 0.25) is 10.0 Å². The van der Waals surface area contributed by atoms with Crippen molar-refractivity contribution >= 4 is 16.2 Å². The lowest BCUT2D eigenvalue weighted by Crippen LogP contribution is -2.41. The summed E-state index contributed by atoms with van der Waals surface area (Å²) in [7, 11) is -3.17. The maximum absolute atomic E-state index is 11.8. The molecule has 1 saturated heterocycles. The van der Waals surface area contributed by atoms with Crippen LogP contribution in [0.25, 0.3) is 6.20 Å². The van der Waals surface area contributed by atoms with Crippen molar-refractivity contribution in [3.63, 3.8) is 0 Å². The summed E-state index contributed by atoms with van der Waals surface area (Å²) in [5.74, 6) is 0.372. The molecular weight excluding hydrogens is 300 g/mol. The lowest BCUT2D eigenvalue weighted by Gasteiger charge is -2.32. The average Bonchev–Trinajstić information content (AvgIpc) is 2.93. The van der Waals surface area contributed by atoms with Gasteiger partial charge in [-0.3, -0.25) is 4.90 Å². The Hall–Kier alpha value is -1.18. The van der Waals surface area contributed by atoms with Crippen LogP contribution in [0.15, 0.2) is 19.0 Å². The first-order valence-corrected chi connectivity index (χ1v) is 9.31. The highest BCUT2D eigenvalue weighted by molar-refractivity contribution is 7.90. The van der Waals surface area contributed by atoms with Crippen LogP contribution in [0.3, 0.4) is 0 Å². The third-order valence-electron chi connectivity index (χ3n) is 4.05. The molecule has 0 aromatic carbocycles. The van der Waals surface area contributed by atoms with E-state index in [9.17, 15) is 8.42 Å². The van der Waals surface area contributed by atoms with E-state index in [1.165, 1.54) is 0 Å². The molecule has 1 aromatic heterocycles. The number of likely N-dealkylation sites (tertiary alicyclic amines) is 1. The van der Waals surface area contributed by atoms with Crippen molar-refractivity contribution in [3.05, 3.63) is 24.5 Å². The summed E-state index contributed by atoms with van der Waals surface area (Å²) in [5.41, 5.74) is 1.16. The molecule has 1 atom stereocenters. The standard InChI is InChI=1S/C15H26N4O2S/c1-4-19-12-15(8-16-19)11-18-7-5-6-14(10-18)9-17-22(20,21)13(2)3/h4,8,12-14,17H,1,5-7,9-11H2,2-3H3. The van der Waals surface area contributed by atoms with E-state index < -0.39 is 10.0 Å². The highest BCUT2D eigenvalue weighted by Gasteiger charge is 2.23. The molecule has 1 fully saturated rings. The lowest BCUT2D eigenvalue weighted by atomic mass is 9.98. The first kappa shape index (κ1) is 17.2. The predicted octanol–water partition coefficient (Wildman–Crippen LogP) is 1.52. The number of hydrogen-bond acceptors (Lipinski definition) is 4. The van der Waals surface area contributed by atoms with Gasteiger partial charge >= 0.3 is 0 Å². The van der Waals surface area contributed by atoms with E-state index in [1.54, 1.807) is 24.7 Å². The Labute approximate surface area is 133 Å². The number of hydrogen-bond donors (Lipinski definition) is 1. The average molecular weight is 326 g/mol. The van der Waals surface area contributed by atoms with Crippen LogP contribution in [0.5, 0.6) is 0 Å². The zero-order valence-electron chi connectivity index (χ0n) is 13.4. The number of piperidine rings is 1. The van der Waals surface area contributed by atoms with Crippen LogP contribution in [0, 0.1) is 5.92 Å². The second-order valence-corrected chi connectivity index (χ2v) is 8.52. The maximum atomic E-state index is 11.8. The predicted molar refractivity (Wildman–Crippen MR) is 88.7 cm³/mol. The van der Waals surface area contributed by atoms with E-state index in [0.29, 0.717) is 12.5 Å². The van der Waals surface area contributed by atoms with Crippen molar-refractivity contribution in [2.45, 2.75) is 38.5 Å². The van der Waals surface area contributed by atoms with Gasteiger partial charge in [-0.2, -0.15) is 5.10 Å². The fourth-order valence-corrected chi connectivity index (χ4v) is 3.48. The first-order chi connectivity index (χ1) is 10.4. The molecule has 1 unspecified atom stereocenters. The summed E-state index contributed by atoms with van der Waals surface area (Å²) in [6.07, 6.45) is 7.67. The minimum absolute atomic E-state index is 0.372. The van der Waals surface area contributed by atoms with E-state index >= 15 is 0 Å².